The average molecular weight is 357 g/mol. The van der Waals surface area contributed by atoms with Gasteiger partial charge in [0.1, 0.15) is 21.8 Å². The van der Waals surface area contributed by atoms with Crippen molar-refractivity contribution in [3.05, 3.63) is 44.4 Å². The molecule has 0 saturated heterocycles. The molecule has 0 aliphatic carbocycles. The predicted octanol–water partition coefficient (Wildman–Crippen LogP) is 3.80. The van der Waals surface area contributed by atoms with E-state index in [0.717, 1.165) is 0 Å². The van der Waals surface area contributed by atoms with Gasteiger partial charge in [0.15, 0.2) is 0 Å². The number of benzene rings is 1. The normalized spacial score (nSPS) is 10.4. The molecule has 0 radical (unpaired) electrons. The Bertz CT molecular complexity index is 746. The summed E-state index contributed by atoms with van der Waals surface area (Å²) in [5.74, 6) is -0.757. The number of methoxy groups -OCH3 is 1. The molecule has 1 aromatic heterocycles. The standard InChI is InChI=1S/C13H10BrFN2O2S/c1-6-9(13(18)19-2)12(20)17-11(16-6)7-4-3-5-8(14)10(7)15/h3-5H,1-2H3,(H,16,17,20). The second-order valence-corrected chi connectivity index (χ2v) is 5.22. The monoisotopic (exact) mass is 356 g/mol. The third-order valence-corrected chi connectivity index (χ3v) is 3.61. The third-order valence-electron chi connectivity index (χ3n) is 2.70. The Morgan fingerprint density at radius 1 is 1.50 bits per heavy atom. The molecule has 1 aromatic carbocycles. The summed E-state index contributed by atoms with van der Waals surface area (Å²) in [7, 11) is 1.26. The molecule has 2 rings (SSSR count). The molecule has 0 spiro atoms. The van der Waals surface area contributed by atoms with Gasteiger partial charge in [0.05, 0.1) is 17.1 Å². The van der Waals surface area contributed by atoms with Crippen LogP contribution in [0.4, 0.5) is 4.39 Å². The molecule has 0 aliphatic heterocycles. The van der Waals surface area contributed by atoms with E-state index in [2.05, 4.69) is 30.6 Å². The first-order chi connectivity index (χ1) is 9.45. The summed E-state index contributed by atoms with van der Waals surface area (Å²) in [6.07, 6.45) is 0. The molecule has 1 heterocycles. The van der Waals surface area contributed by atoms with Crippen LogP contribution in [0, 0.1) is 17.4 Å². The van der Waals surface area contributed by atoms with Crippen LogP contribution in [-0.4, -0.2) is 23.0 Å². The molecule has 0 amide bonds. The molecule has 4 nitrogen and oxygen atoms in total. The van der Waals surface area contributed by atoms with Crippen LogP contribution >= 0.6 is 28.1 Å². The summed E-state index contributed by atoms with van der Waals surface area (Å²) in [5.41, 5.74) is 0.929. The maximum Gasteiger partial charge on any atom is 0.342 e. The van der Waals surface area contributed by atoms with Gasteiger partial charge in [-0.25, -0.2) is 14.2 Å². The number of carbonyl (C=O) groups is 1. The number of ether oxygens (including phenoxy) is 1. The van der Waals surface area contributed by atoms with Crippen LogP contribution in [0.5, 0.6) is 0 Å². The van der Waals surface area contributed by atoms with Gasteiger partial charge in [-0.1, -0.05) is 18.3 Å². The molecule has 0 saturated carbocycles. The number of hydrogen-bond donors (Lipinski definition) is 1. The third kappa shape index (κ3) is 2.64. The Labute approximate surface area is 128 Å². The number of H-pyrrole nitrogens is 1. The second kappa shape index (κ2) is 5.80. The van der Waals surface area contributed by atoms with Gasteiger partial charge in [-0.2, -0.15) is 0 Å². The van der Waals surface area contributed by atoms with Crippen molar-refractivity contribution in [3.63, 3.8) is 0 Å². The van der Waals surface area contributed by atoms with Crippen molar-refractivity contribution in [1.82, 2.24) is 9.97 Å². The predicted molar refractivity (Wildman–Crippen MR) is 78.6 cm³/mol. The highest BCUT2D eigenvalue weighted by molar-refractivity contribution is 9.10. The van der Waals surface area contributed by atoms with Crippen molar-refractivity contribution in [2.24, 2.45) is 0 Å². The van der Waals surface area contributed by atoms with E-state index in [1.54, 1.807) is 25.1 Å². The van der Waals surface area contributed by atoms with Crippen LogP contribution in [0.3, 0.4) is 0 Å². The number of rotatable bonds is 2. The minimum absolute atomic E-state index is 0.0717. The van der Waals surface area contributed by atoms with E-state index < -0.39 is 11.8 Å². The molecule has 0 unspecified atom stereocenters. The Morgan fingerprint density at radius 2 is 2.20 bits per heavy atom. The first-order valence-electron chi connectivity index (χ1n) is 5.59. The van der Waals surface area contributed by atoms with E-state index in [9.17, 15) is 9.18 Å². The number of nitrogens with zero attached hydrogens (tertiary/aromatic N) is 1. The van der Waals surface area contributed by atoms with Gasteiger partial charge in [0.25, 0.3) is 0 Å². The fourth-order valence-corrected chi connectivity index (χ4v) is 2.44. The van der Waals surface area contributed by atoms with E-state index in [-0.39, 0.29) is 21.6 Å². The smallest absolute Gasteiger partial charge is 0.342 e. The fourth-order valence-electron chi connectivity index (χ4n) is 1.74. The summed E-state index contributed by atoms with van der Waals surface area (Å²) >= 11 is 8.19. The van der Waals surface area contributed by atoms with E-state index in [0.29, 0.717) is 10.2 Å². The van der Waals surface area contributed by atoms with Crippen LogP contribution in [-0.2, 0) is 4.74 Å². The topological polar surface area (TPSA) is 55.0 Å². The van der Waals surface area contributed by atoms with Gasteiger partial charge in [-0.05, 0) is 35.0 Å². The summed E-state index contributed by atoms with van der Waals surface area (Å²) < 4.78 is 19.1. The molecular formula is C13H10BrFN2O2S. The average Bonchev–Trinajstić information content (AvgIpc) is 2.40. The van der Waals surface area contributed by atoms with Gasteiger partial charge >= 0.3 is 5.97 Å². The van der Waals surface area contributed by atoms with Crippen LogP contribution in [0.1, 0.15) is 16.1 Å². The lowest BCUT2D eigenvalue weighted by atomic mass is 10.2. The van der Waals surface area contributed by atoms with Crippen molar-refractivity contribution < 1.29 is 13.9 Å². The first kappa shape index (κ1) is 14.8. The van der Waals surface area contributed by atoms with Crippen LogP contribution in [0.25, 0.3) is 11.4 Å². The van der Waals surface area contributed by atoms with Gasteiger partial charge in [0, 0.05) is 5.69 Å². The van der Waals surface area contributed by atoms with E-state index in [1.165, 1.54) is 7.11 Å². The SMILES string of the molecule is COC(=O)c1c(C)[nH]c(-c2cccc(Br)c2F)nc1=S. The lowest BCUT2D eigenvalue weighted by Crippen LogP contribution is -2.09. The molecule has 104 valence electrons. The number of aromatic nitrogens is 2. The number of aromatic amines is 1. The largest absolute Gasteiger partial charge is 0.465 e. The van der Waals surface area contributed by atoms with Crippen molar-refractivity contribution in [1.29, 1.82) is 0 Å². The highest BCUT2D eigenvalue weighted by Crippen LogP contribution is 2.26. The lowest BCUT2D eigenvalue weighted by molar-refractivity contribution is 0.0598. The molecular weight excluding hydrogens is 347 g/mol. The molecule has 20 heavy (non-hydrogen) atoms. The molecule has 0 aliphatic rings. The highest BCUT2D eigenvalue weighted by atomic mass is 79.9. The zero-order valence-corrected chi connectivity index (χ0v) is 13.1. The minimum Gasteiger partial charge on any atom is -0.465 e. The molecule has 0 bridgehead atoms. The summed E-state index contributed by atoms with van der Waals surface area (Å²) in [6.45, 7) is 1.66. The van der Waals surface area contributed by atoms with E-state index in [4.69, 9.17) is 12.2 Å². The summed E-state index contributed by atoms with van der Waals surface area (Å²) in [6, 6.07) is 4.85. The van der Waals surface area contributed by atoms with Crippen molar-refractivity contribution in [2.45, 2.75) is 6.92 Å². The number of aryl methyl sites for hydroxylation is 1. The minimum atomic E-state index is -0.572. The lowest BCUT2D eigenvalue weighted by Gasteiger charge is -2.09. The van der Waals surface area contributed by atoms with E-state index in [1.807, 2.05) is 0 Å². The Kier molecular flexibility index (Phi) is 4.29. The van der Waals surface area contributed by atoms with Crippen molar-refractivity contribution in [3.8, 4) is 11.4 Å². The Balaban J connectivity index is 2.64. The summed E-state index contributed by atoms with van der Waals surface area (Å²) in [4.78, 5) is 18.5. The molecule has 1 N–H and O–H groups in total. The van der Waals surface area contributed by atoms with Crippen LogP contribution in [0.2, 0.25) is 0 Å². The molecule has 7 heteroatoms. The molecule has 0 fully saturated rings. The zero-order chi connectivity index (χ0) is 14.9. The fraction of sp³-hybridized carbons (Fsp3) is 0.154. The maximum atomic E-state index is 14.0. The highest BCUT2D eigenvalue weighted by Gasteiger charge is 2.17. The zero-order valence-electron chi connectivity index (χ0n) is 10.7. The number of carbonyl (C=O) groups excluding carboxylic acids is 1. The Hall–Kier alpha value is -1.60. The van der Waals surface area contributed by atoms with Gasteiger partial charge in [-0.3, -0.25) is 0 Å². The van der Waals surface area contributed by atoms with E-state index >= 15 is 0 Å². The first-order valence-corrected chi connectivity index (χ1v) is 6.79. The quantitative estimate of drug-likeness (QED) is 0.656. The van der Waals surface area contributed by atoms with Gasteiger partial charge in [-0.15, -0.1) is 0 Å². The number of nitrogens with one attached hydrogen (secondary N) is 1. The molecule has 2 aromatic rings. The number of esters is 1. The second-order valence-electron chi connectivity index (χ2n) is 3.98. The van der Waals surface area contributed by atoms with Crippen molar-refractivity contribution in [2.75, 3.05) is 7.11 Å². The number of halogens is 2. The Morgan fingerprint density at radius 3 is 2.80 bits per heavy atom. The maximum absolute atomic E-state index is 14.0. The van der Waals surface area contributed by atoms with Gasteiger partial charge in [0.2, 0.25) is 0 Å². The van der Waals surface area contributed by atoms with Crippen LogP contribution < -0.4 is 0 Å². The summed E-state index contributed by atoms with van der Waals surface area (Å²) in [5, 5.41) is 0. The molecule has 0 atom stereocenters. The van der Waals surface area contributed by atoms with Gasteiger partial charge < -0.3 is 9.72 Å². The van der Waals surface area contributed by atoms with Crippen molar-refractivity contribution >= 4 is 34.1 Å². The van der Waals surface area contributed by atoms with Crippen LogP contribution in [0.15, 0.2) is 22.7 Å². The number of hydrogen-bond acceptors (Lipinski definition) is 4.